The summed E-state index contributed by atoms with van der Waals surface area (Å²) in [4.78, 5) is 18.8. The van der Waals surface area contributed by atoms with E-state index in [9.17, 15) is 0 Å². The van der Waals surface area contributed by atoms with Crippen LogP contribution in [0.15, 0.2) is 134 Å². The van der Waals surface area contributed by atoms with Crippen molar-refractivity contribution in [3.8, 4) is 28.4 Å². The minimum Gasteiger partial charge on any atom is -0.457 e. The Morgan fingerprint density at radius 3 is 2.20 bits per heavy atom. The molecule has 8 aromatic rings. The summed E-state index contributed by atoms with van der Waals surface area (Å²) in [5.74, 6) is 3.28. The Morgan fingerprint density at radius 1 is 0.611 bits per heavy atom. The van der Waals surface area contributed by atoms with Gasteiger partial charge in [0.25, 0.3) is 0 Å². The number of pyridine rings is 3. The number of nitrogens with zero attached hydrogens (tertiary/aromatic N) is 6. The first-order chi connectivity index (χ1) is 26.1. The van der Waals surface area contributed by atoms with E-state index < -0.39 is 0 Å². The number of aryl methyl sites for hydroxylation is 3. The van der Waals surface area contributed by atoms with Gasteiger partial charge < -0.3 is 14.5 Å². The fraction of sp³-hybridized carbons (Fsp3) is 0.170. The van der Waals surface area contributed by atoms with Crippen LogP contribution in [0.25, 0.3) is 38.8 Å². The number of hydrogen-bond donors (Lipinski definition) is 0. The number of para-hydroxylation sites is 1. The third-order valence-corrected chi connectivity index (χ3v) is 10.5. The van der Waals surface area contributed by atoms with Crippen LogP contribution in [0.3, 0.4) is 0 Å². The fourth-order valence-corrected chi connectivity index (χ4v) is 7.97. The molecule has 0 spiro atoms. The molecule has 0 bridgehead atoms. The molecule has 0 amide bonds. The topological polar surface area (TPSA) is 59.3 Å². The zero-order valence-corrected chi connectivity index (χ0v) is 31.5. The summed E-state index contributed by atoms with van der Waals surface area (Å²) >= 11 is 0. The summed E-state index contributed by atoms with van der Waals surface area (Å²) in [6, 6.07) is 38.2. The van der Waals surface area contributed by atoms with Crippen LogP contribution in [0.5, 0.6) is 11.5 Å². The fourth-order valence-electron chi connectivity index (χ4n) is 7.97. The lowest BCUT2D eigenvalue weighted by atomic mass is 9.88. The van der Waals surface area contributed by atoms with Gasteiger partial charge in [-0.1, -0.05) is 62.7 Å². The summed E-state index contributed by atoms with van der Waals surface area (Å²) in [7, 11) is 0. The lowest BCUT2D eigenvalue weighted by Gasteiger charge is -2.22. The van der Waals surface area contributed by atoms with Crippen molar-refractivity contribution in [2.75, 3.05) is 16.5 Å². The summed E-state index contributed by atoms with van der Waals surface area (Å²) in [5, 5.41) is 2.33. The number of aromatic nitrogens is 4. The maximum absolute atomic E-state index is 6.63. The average Bonchev–Trinajstić information content (AvgIpc) is 3.71. The molecular weight excluding hydrogens is 665 g/mol. The lowest BCUT2D eigenvalue weighted by Crippen LogP contribution is -2.24. The number of anilines is 4. The van der Waals surface area contributed by atoms with E-state index in [-0.39, 0.29) is 5.41 Å². The molecule has 0 aliphatic carbocycles. The van der Waals surface area contributed by atoms with E-state index in [2.05, 4.69) is 158 Å². The quantitative estimate of drug-likeness (QED) is 0.172. The van der Waals surface area contributed by atoms with Gasteiger partial charge in [0.05, 0.1) is 28.6 Å². The summed E-state index contributed by atoms with van der Waals surface area (Å²) in [5.41, 5.74) is 12.6. The van der Waals surface area contributed by atoms with Crippen molar-refractivity contribution in [3.05, 3.63) is 156 Å². The molecule has 54 heavy (non-hydrogen) atoms. The predicted octanol–water partition coefficient (Wildman–Crippen LogP) is 11.9. The SMILES string of the molecule is Cc1cc(C)c(-c2ccc(N3CN(c4cccc(Oc5ccc6c7ccccc7n(-c7cc(C(C)(C)C)ccn7)c6c5)c4)c4cnccc43)nc2)c(C)c1. The van der Waals surface area contributed by atoms with Gasteiger partial charge in [0, 0.05) is 52.7 Å². The molecule has 4 aromatic heterocycles. The van der Waals surface area contributed by atoms with Gasteiger partial charge in [0.15, 0.2) is 0 Å². The Labute approximate surface area is 316 Å². The molecule has 4 aromatic carbocycles. The van der Waals surface area contributed by atoms with E-state index in [0.29, 0.717) is 6.67 Å². The Bertz CT molecular complexity index is 2680. The van der Waals surface area contributed by atoms with Crippen LogP contribution in [0, 0.1) is 20.8 Å². The normalized spacial score (nSPS) is 12.9. The second-order valence-corrected chi connectivity index (χ2v) is 15.3. The zero-order chi connectivity index (χ0) is 37.1. The zero-order valence-electron chi connectivity index (χ0n) is 31.5. The van der Waals surface area contributed by atoms with Gasteiger partial charge >= 0.3 is 0 Å². The van der Waals surface area contributed by atoms with Crippen molar-refractivity contribution in [3.63, 3.8) is 0 Å². The van der Waals surface area contributed by atoms with Gasteiger partial charge in [0.1, 0.15) is 29.8 Å². The Kier molecular flexibility index (Phi) is 7.96. The van der Waals surface area contributed by atoms with Crippen LogP contribution in [0.1, 0.15) is 43.0 Å². The number of hydrogen-bond acceptors (Lipinski definition) is 6. The van der Waals surface area contributed by atoms with Crippen molar-refractivity contribution < 1.29 is 4.74 Å². The first kappa shape index (κ1) is 33.4. The lowest BCUT2D eigenvalue weighted by molar-refractivity contribution is 0.483. The molecule has 7 heteroatoms. The van der Waals surface area contributed by atoms with E-state index in [1.807, 2.05) is 36.9 Å². The molecule has 0 saturated heterocycles. The number of benzene rings is 4. The monoisotopic (exact) mass is 706 g/mol. The van der Waals surface area contributed by atoms with Crippen molar-refractivity contribution in [1.29, 1.82) is 0 Å². The van der Waals surface area contributed by atoms with Gasteiger partial charge in [-0.15, -0.1) is 0 Å². The molecule has 266 valence electrons. The number of ether oxygens (including phenoxy) is 1. The third kappa shape index (κ3) is 5.82. The largest absolute Gasteiger partial charge is 0.457 e. The van der Waals surface area contributed by atoms with Gasteiger partial charge in [-0.25, -0.2) is 9.97 Å². The maximum atomic E-state index is 6.63. The van der Waals surface area contributed by atoms with Crippen LogP contribution < -0.4 is 14.5 Å². The predicted molar refractivity (Wildman–Crippen MR) is 221 cm³/mol. The third-order valence-electron chi connectivity index (χ3n) is 10.5. The first-order valence-corrected chi connectivity index (χ1v) is 18.4. The van der Waals surface area contributed by atoms with E-state index in [1.54, 1.807) is 0 Å². The van der Waals surface area contributed by atoms with Crippen molar-refractivity contribution in [2.24, 2.45) is 0 Å². The molecular formula is C47H42N6O. The van der Waals surface area contributed by atoms with Crippen molar-refractivity contribution in [1.82, 2.24) is 19.5 Å². The van der Waals surface area contributed by atoms with E-state index >= 15 is 0 Å². The van der Waals surface area contributed by atoms with E-state index in [0.717, 1.165) is 62.2 Å². The van der Waals surface area contributed by atoms with Crippen molar-refractivity contribution >= 4 is 44.7 Å². The van der Waals surface area contributed by atoms with Crippen LogP contribution in [0.2, 0.25) is 0 Å². The average molecular weight is 707 g/mol. The molecule has 5 heterocycles. The molecule has 0 N–H and O–H groups in total. The van der Waals surface area contributed by atoms with Crippen LogP contribution in [0.4, 0.5) is 22.9 Å². The van der Waals surface area contributed by atoms with Gasteiger partial charge in [-0.3, -0.25) is 9.55 Å². The van der Waals surface area contributed by atoms with Gasteiger partial charge in [0.2, 0.25) is 0 Å². The number of rotatable bonds is 6. The number of fused-ring (bicyclic) bond motifs is 4. The van der Waals surface area contributed by atoms with Gasteiger partial charge in [-0.05, 0) is 109 Å². The molecule has 1 aliphatic heterocycles. The standard InChI is InChI=1S/C47H42N6O/c1-30-22-31(2)46(32(3)23-30)33-14-17-44(50-27-33)52-29-51(43-28-48-20-19-41(43)52)35-10-9-11-36(25-35)54-37-15-16-39-38-12-7-8-13-40(38)53(42(39)26-37)45-24-34(18-21-49-45)47(4,5)6/h7-28H,29H2,1-6H3. The summed E-state index contributed by atoms with van der Waals surface area (Å²) in [6.45, 7) is 13.8. The maximum Gasteiger partial charge on any atom is 0.137 e. The Balaban J connectivity index is 1.03. The summed E-state index contributed by atoms with van der Waals surface area (Å²) in [6.07, 6.45) is 7.66. The highest BCUT2D eigenvalue weighted by Gasteiger charge is 2.29. The molecule has 1 aliphatic rings. The minimum atomic E-state index is -0.0000831. The second kappa shape index (κ2) is 12.9. The smallest absolute Gasteiger partial charge is 0.137 e. The van der Waals surface area contributed by atoms with E-state index in [4.69, 9.17) is 14.7 Å². The molecule has 0 saturated carbocycles. The summed E-state index contributed by atoms with van der Waals surface area (Å²) < 4.78 is 8.88. The highest BCUT2D eigenvalue weighted by molar-refractivity contribution is 6.09. The Hall–Kier alpha value is -6.47. The van der Waals surface area contributed by atoms with Crippen LogP contribution >= 0.6 is 0 Å². The van der Waals surface area contributed by atoms with Crippen molar-refractivity contribution in [2.45, 2.75) is 47.0 Å². The second-order valence-electron chi connectivity index (χ2n) is 15.3. The molecule has 0 atom stereocenters. The molecule has 7 nitrogen and oxygen atoms in total. The minimum absolute atomic E-state index is 0.0000831. The Morgan fingerprint density at radius 2 is 1.41 bits per heavy atom. The molecule has 0 fully saturated rings. The van der Waals surface area contributed by atoms with Crippen LogP contribution in [-0.4, -0.2) is 26.2 Å². The van der Waals surface area contributed by atoms with Crippen LogP contribution in [-0.2, 0) is 5.41 Å². The molecule has 0 unspecified atom stereocenters. The highest BCUT2D eigenvalue weighted by atomic mass is 16.5. The van der Waals surface area contributed by atoms with E-state index in [1.165, 1.54) is 33.2 Å². The molecule has 0 radical (unpaired) electrons. The first-order valence-electron chi connectivity index (χ1n) is 18.4. The molecule has 9 rings (SSSR count). The highest BCUT2D eigenvalue weighted by Crippen LogP contribution is 2.44. The van der Waals surface area contributed by atoms with Gasteiger partial charge in [-0.2, -0.15) is 0 Å².